The Bertz CT molecular complexity index is 623. The second-order valence-electron chi connectivity index (χ2n) is 6.79. The zero-order chi connectivity index (χ0) is 20.0. The SMILES string of the molecule is C=CC(=COc1cccc(OC)c1)C(C)(C)C.CC1=[C-]CC=C1.C[Si]C.[Ti]. The number of methoxy groups -OCH3 is 1. The van der Waals surface area contributed by atoms with E-state index in [1.165, 1.54) is 5.57 Å². The van der Waals surface area contributed by atoms with Crippen molar-refractivity contribution in [2.45, 2.75) is 47.2 Å². The molecular weight excluding hydrogens is 384 g/mol. The summed E-state index contributed by atoms with van der Waals surface area (Å²) in [7, 11) is 2.72. The van der Waals surface area contributed by atoms with E-state index in [0.717, 1.165) is 33.0 Å². The molecule has 0 unspecified atom stereocenters. The summed E-state index contributed by atoms with van der Waals surface area (Å²) in [6, 6.07) is 7.52. The summed E-state index contributed by atoms with van der Waals surface area (Å²) in [4.78, 5) is 0. The molecule has 0 spiro atoms. The summed E-state index contributed by atoms with van der Waals surface area (Å²) < 4.78 is 10.7. The van der Waals surface area contributed by atoms with Crippen LogP contribution in [0.2, 0.25) is 13.1 Å². The molecule has 1 aliphatic rings. The Hall–Kier alpha value is -1.29. The van der Waals surface area contributed by atoms with Gasteiger partial charge in [-0.25, -0.2) is 11.6 Å². The number of hydrogen-bond acceptors (Lipinski definition) is 2. The largest absolute Gasteiger partial charge is 0.497 e. The first kappa shape index (κ1) is 27.9. The van der Waals surface area contributed by atoms with E-state index in [9.17, 15) is 0 Å². The van der Waals surface area contributed by atoms with E-state index in [1.807, 2.05) is 30.3 Å². The first-order valence-electron chi connectivity index (χ1n) is 8.74. The second kappa shape index (κ2) is 15.7. The molecule has 0 heterocycles. The van der Waals surface area contributed by atoms with Gasteiger partial charge in [-0.2, -0.15) is 6.08 Å². The van der Waals surface area contributed by atoms with E-state index < -0.39 is 0 Å². The Morgan fingerprint density at radius 2 is 1.81 bits per heavy atom. The molecule has 0 N–H and O–H groups in total. The van der Waals surface area contributed by atoms with Gasteiger partial charge in [-0.3, -0.25) is 6.08 Å². The molecule has 1 aliphatic carbocycles. The minimum absolute atomic E-state index is 0. The molecule has 0 bridgehead atoms. The number of ether oxygens (including phenoxy) is 2. The predicted molar refractivity (Wildman–Crippen MR) is 115 cm³/mol. The Morgan fingerprint density at radius 1 is 1.22 bits per heavy atom. The van der Waals surface area contributed by atoms with E-state index in [1.54, 1.807) is 13.4 Å². The summed E-state index contributed by atoms with van der Waals surface area (Å²) in [5.41, 5.74) is 2.36. The van der Waals surface area contributed by atoms with Crippen LogP contribution >= 0.6 is 0 Å². The Labute approximate surface area is 184 Å². The second-order valence-corrected chi connectivity index (χ2v) is 7.79. The maximum Gasteiger partial charge on any atom is 0.130 e. The molecule has 0 aliphatic heterocycles. The van der Waals surface area contributed by atoms with Gasteiger partial charge in [0.25, 0.3) is 0 Å². The van der Waals surface area contributed by atoms with Crippen molar-refractivity contribution in [3.8, 4) is 11.5 Å². The minimum Gasteiger partial charge on any atom is -0.497 e. The summed E-state index contributed by atoms with van der Waals surface area (Å²) >= 11 is 0. The Balaban J connectivity index is 0. The molecule has 0 saturated heterocycles. The van der Waals surface area contributed by atoms with Crippen LogP contribution in [0.25, 0.3) is 0 Å². The molecule has 0 saturated carbocycles. The van der Waals surface area contributed by atoms with Crippen molar-refractivity contribution >= 4 is 9.52 Å². The fourth-order valence-corrected chi connectivity index (χ4v) is 1.85. The molecule has 4 heteroatoms. The van der Waals surface area contributed by atoms with Crippen molar-refractivity contribution < 1.29 is 31.2 Å². The molecule has 2 nitrogen and oxygen atoms in total. The molecule has 146 valence electrons. The standard InChI is InChI=1S/C15H20O2.C6H7.C2H6Si.Ti/c1-6-12(15(2,3)4)11-17-14-9-7-8-13(10-14)16-5;1-6-4-2-3-5-6;1-3-2;/h6-11H,1H2,2-5H3;2,4H,3H2,1H3;1-2H3;/q;-1;;. The van der Waals surface area contributed by atoms with Gasteiger partial charge in [0.05, 0.1) is 13.4 Å². The third-order valence-corrected chi connectivity index (χ3v) is 3.32. The average Bonchev–Trinajstić information content (AvgIpc) is 3.07. The maximum atomic E-state index is 5.61. The molecule has 1 aromatic rings. The number of rotatable bonds is 4. The van der Waals surface area contributed by atoms with E-state index in [-0.39, 0.29) is 27.1 Å². The van der Waals surface area contributed by atoms with Crippen molar-refractivity contribution in [2.24, 2.45) is 5.41 Å². The van der Waals surface area contributed by atoms with Gasteiger partial charge >= 0.3 is 0 Å². The van der Waals surface area contributed by atoms with E-state index in [4.69, 9.17) is 9.47 Å². The van der Waals surface area contributed by atoms with Crippen LogP contribution < -0.4 is 9.47 Å². The summed E-state index contributed by atoms with van der Waals surface area (Å²) in [6.07, 6.45) is 11.9. The van der Waals surface area contributed by atoms with Gasteiger partial charge in [0, 0.05) is 37.3 Å². The van der Waals surface area contributed by atoms with Crippen LogP contribution in [0.3, 0.4) is 0 Å². The monoisotopic (exact) mass is 417 g/mol. The zero-order valence-electron chi connectivity index (χ0n) is 17.8. The van der Waals surface area contributed by atoms with Crippen LogP contribution in [0, 0.1) is 11.5 Å². The minimum atomic E-state index is 0. The van der Waals surface area contributed by atoms with Gasteiger partial charge < -0.3 is 9.47 Å². The van der Waals surface area contributed by atoms with Gasteiger partial charge in [0.1, 0.15) is 11.5 Å². The smallest absolute Gasteiger partial charge is 0.130 e. The van der Waals surface area contributed by atoms with Crippen molar-refractivity contribution in [2.75, 3.05) is 7.11 Å². The molecule has 0 amide bonds. The van der Waals surface area contributed by atoms with Crippen LogP contribution in [0.1, 0.15) is 34.1 Å². The van der Waals surface area contributed by atoms with Crippen molar-refractivity contribution in [1.82, 2.24) is 0 Å². The maximum absolute atomic E-state index is 5.61. The summed E-state index contributed by atoms with van der Waals surface area (Å²) in [5, 5.41) is 0. The quantitative estimate of drug-likeness (QED) is 0.236. The summed E-state index contributed by atoms with van der Waals surface area (Å²) in [6.45, 7) is 16.5. The fraction of sp³-hybridized carbons (Fsp3) is 0.391. The van der Waals surface area contributed by atoms with Crippen LogP contribution in [0.4, 0.5) is 0 Å². The fourth-order valence-electron chi connectivity index (χ4n) is 1.85. The number of benzene rings is 1. The molecule has 0 fully saturated rings. The third kappa shape index (κ3) is 13.5. The van der Waals surface area contributed by atoms with Crippen LogP contribution in [0.15, 0.2) is 66.5 Å². The van der Waals surface area contributed by atoms with Crippen molar-refractivity contribution in [1.29, 1.82) is 0 Å². The zero-order valence-corrected chi connectivity index (χ0v) is 20.4. The molecule has 2 radical (unpaired) electrons. The van der Waals surface area contributed by atoms with Crippen LogP contribution in [0.5, 0.6) is 11.5 Å². The Morgan fingerprint density at radius 3 is 2.19 bits per heavy atom. The first-order chi connectivity index (χ1) is 12.3. The third-order valence-electron chi connectivity index (χ3n) is 3.32. The van der Waals surface area contributed by atoms with Gasteiger partial charge in [0.15, 0.2) is 0 Å². The molecule has 27 heavy (non-hydrogen) atoms. The van der Waals surface area contributed by atoms with E-state index in [0.29, 0.717) is 0 Å². The average molecular weight is 417 g/mol. The number of allylic oxidation sites excluding steroid dienone is 6. The summed E-state index contributed by atoms with van der Waals surface area (Å²) in [5.74, 6) is 1.54. The molecule has 2 rings (SSSR count). The predicted octanol–water partition coefficient (Wildman–Crippen LogP) is 6.67. The van der Waals surface area contributed by atoms with Gasteiger partial charge in [-0.05, 0) is 23.1 Å². The molecule has 1 aromatic carbocycles. The van der Waals surface area contributed by atoms with Gasteiger partial charge in [0.2, 0.25) is 0 Å². The van der Waals surface area contributed by atoms with E-state index >= 15 is 0 Å². The van der Waals surface area contributed by atoms with Crippen LogP contribution in [-0.2, 0) is 21.7 Å². The number of hydrogen-bond donors (Lipinski definition) is 0. The normalized spacial score (nSPS) is 12.4. The molecule has 0 aromatic heterocycles. The van der Waals surface area contributed by atoms with Crippen LogP contribution in [-0.4, -0.2) is 16.6 Å². The Kier molecular flexibility index (Phi) is 16.3. The van der Waals surface area contributed by atoms with Gasteiger partial charge in [-0.15, -0.1) is 6.42 Å². The topological polar surface area (TPSA) is 18.5 Å². The molecule has 0 atom stereocenters. The van der Waals surface area contributed by atoms with E-state index in [2.05, 4.69) is 65.6 Å². The van der Waals surface area contributed by atoms with Crippen molar-refractivity contribution in [3.63, 3.8) is 0 Å². The molecular formula is C23H33O2SiTi-. The first-order valence-corrected chi connectivity index (χ1v) is 10.7. The van der Waals surface area contributed by atoms with Crippen molar-refractivity contribution in [3.05, 3.63) is 72.6 Å². The van der Waals surface area contributed by atoms with Gasteiger partial charge in [-0.1, -0.05) is 59.5 Å².